The molecule has 1 aliphatic rings. The first-order valence-corrected chi connectivity index (χ1v) is 10.1. The molecule has 1 aliphatic carbocycles. The third-order valence-corrected chi connectivity index (χ3v) is 6.33. The van der Waals surface area contributed by atoms with Gasteiger partial charge in [-0.1, -0.05) is 37.6 Å². The summed E-state index contributed by atoms with van der Waals surface area (Å²) in [6, 6.07) is 8.37. The number of rotatable bonds is 2. The summed E-state index contributed by atoms with van der Waals surface area (Å²) in [4.78, 5) is 0. The molecule has 0 aliphatic heterocycles. The Kier molecular flexibility index (Phi) is 5.02. The van der Waals surface area contributed by atoms with Crippen molar-refractivity contribution in [2.24, 2.45) is 0 Å². The summed E-state index contributed by atoms with van der Waals surface area (Å²) >= 11 is 5.88. The fraction of sp³-hybridized carbons (Fsp3) is 0.304. The molecular weight excluding hydrogens is 450 g/mol. The number of aromatic hydroxyl groups is 2. The molecule has 2 atom stereocenters. The predicted molar refractivity (Wildman–Crippen MR) is 114 cm³/mol. The largest absolute Gasteiger partial charge is 0.508 e. The van der Waals surface area contributed by atoms with Gasteiger partial charge in [-0.15, -0.1) is 0 Å². The SMILES string of the molecule is CC1(C)CC(O)(C(F)(F)F)C(Nc2cccc3cc(O)ccc23)c2cc(Cl)c(F)c(O)c21. The number of aliphatic hydroxyl groups is 1. The summed E-state index contributed by atoms with van der Waals surface area (Å²) in [5.74, 6) is -1.98. The van der Waals surface area contributed by atoms with E-state index in [1.165, 1.54) is 38.1 Å². The van der Waals surface area contributed by atoms with E-state index in [1.54, 1.807) is 12.1 Å². The Morgan fingerprint density at radius 2 is 1.78 bits per heavy atom. The minimum absolute atomic E-state index is 0.0154. The molecule has 0 radical (unpaired) electrons. The van der Waals surface area contributed by atoms with Gasteiger partial charge in [-0.3, -0.25) is 0 Å². The van der Waals surface area contributed by atoms with Crippen molar-refractivity contribution in [1.29, 1.82) is 0 Å². The van der Waals surface area contributed by atoms with Crippen molar-refractivity contribution in [3.05, 3.63) is 64.4 Å². The van der Waals surface area contributed by atoms with Gasteiger partial charge in [0, 0.05) is 16.6 Å². The van der Waals surface area contributed by atoms with Crippen LogP contribution in [0.3, 0.4) is 0 Å². The number of halogens is 5. The van der Waals surface area contributed by atoms with Crippen molar-refractivity contribution in [1.82, 2.24) is 0 Å². The lowest BCUT2D eigenvalue weighted by Gasteiger charge is -2.49. The lowest BCUT2D eigenvalue weighted by Crippen LogP contribution is -2.58. The molecule has 4 rings (SSSR count). The standard InChI is InChI=1S/C23H20ClF4NO3/c1-21(2)10-22(32,23(26,27)28)20(14-9-15(24)18(25)19(31)17(14)21)29-16-5-3-4-11-8-12(30)6-7-13(11)16/h3-9,20,29-32H,10H2,1-2H3. The minimum Gasteiger partial charge on any atom is -0.508 e. The van der Waals surface area contributed by atoms with E-state index in [2.05, 4.69) is 5.32 Å². The second-order valence-electron chi connectivity index (χ2n) is 8.76. The van der Waals surface area contributed by atoms with Gasteiger partial charge in [-0.25, -0.2) is 4.39 Å². The van der Waals surface area contributed by atoms with Crippen LogP contribution in [0.4, 0.5) is 23.2 Å². The molecule has 0 aromatic heterocycles. The Morgan fingerprint density at radius 1 is 1.09 bits per heavy atom. The second-order valence-corrected chi connectivity index (χ2v) is 9.16. The van der Waals surface area contributed by atoms with Crippen LogP contribution in [0.25, 0.3) is 10.8 Å². The zero-order chi connectivity index (χ0) is 23.6. The van der Waals surface area contributed by atoms with Crippen molar-refractivity contribution in [2.75, 3.05) is 5.32 Å². The van der Waals surface area contributed by atoms with Crippen LogP contribution in [-0.2, 0) is 5.41 Å². The smallest absolute Gasteiger partial charge is 0.419 e. The van der Waals surface area contributed by atoms with Gasteiger partial charge in [0.15, 0.2) is 17.2 Å². The monoisotopic (exact) mass is 469 g/mol. The molecule has 0 fully saturated rings. The fourth-order valence-corrected chi connectivity index (χ4v) is 4.91. The average Bonchev–Trinajstić information content (AvgIpc) is 2.67. The van der Waals surface area contributed by atoms with Crippen LogP contribution in [0.2, 0.25) is 5.02 Å². The number of nitrogens with one attached hydrogen (secondary N) is 1. The normalized spacial score (nSPS) is 22.6. The molecule has 0 heterocycles. The highest BCUT2D eigenvalue weighted by atomic mass is 35.5. The van der Waals surface area contributed by atoms with Crippen molar-refractivity contribution >= 4 is 28.1 Å². The molecule has 0 saturated heterocycles. The van der Waals surface area contributed by atoms with Gasteiger partial charge in [-0.2, -0.15) is 13.2 Å². The minimum atomic E-state index is -5.06. The van der Waals surface area contributed by atoms with E-state index < -0.39 is 46.2 Å². The van der Waals surface area contributed by atoms with Crippen LogP contribution >= 0.6 is 11.6 Å². The number of fused-ring (bicyclic) bond motifs is 2. The Morgan fingerprint density at radius 3 is 2.44 bits per heavy atom. The second kappa shape index (κ2) is 7.15. The van der Waals surface area contributed by atoms with E-state index in [9.17, 15) is 32.9 Å². The maximum atomic E-state index is 14.4. The maximum Gasteiger partial charge on any atom is 0.419 e. The Balaban J connectivity index is 1.98. The van der Waals surface area contributed by atoms with E-state index >= 15 is 0 Å². The first-order valence-electron chi connectivity index (χ1n) is 9.75. The van der Waals surface area contributed by atoms with Gasteiger partial charge in [0.1, 0.15) is 5.75 Å². The first kappa shape index (κ1) is 22.5. The highest BCUT2D eigenvalue weighted by molar-refractivity contribution is 6.31. The molecule has 0 amide bonds. The van der Waals surface area contributed by atoms with Crippen LogP contribution in [0.1, 0.15) is 37.4 Å². The quantitative estimate of drug-likeness (QED) is 0.339. The molecule has 0 bridgehead atoms. The summed E-state index contributed by atoms with van der Waals surface area (Å²) in [6.45, 7) is 2.79. The number of alkyl halides is 3. The molecular formula is C23H20ClF4NO3. The van der Waals surface area contributed by atoms with Gasteiger partial charge in [0.25, 0.3) is 0 Å². The number of hydrogen-bond acceptors (Lipinski definition) is 4. The highest BCUT2D eigenvalue weighted by Gasteiger charge is 2.64. The number of phenolic OH excluding ortho intramolecular Hbond substituents is 2. The van der Waals surface area contributed by atoms with Gasteiger partial charge >= 0.3 is 6.18 Å². The topological polar surface area (TPSA) is 72.7 Å². The van der Waals surface area contributed by atoms with Gasteiger partial charge in [0.2, 0.25) is 0 Å². The lowest BCUT2D eigenvalue weighted by atomic mass is 9.63. The zero-order valence-corrected chi connectivity index (χ0v) is 17.8. The van der Waals surface area contributed by atoms with E-state index in [0.717, 1.165) is 6.07 Å². The molecule has 170 valence electrons. The van der Waals surface area contributed by atoms with E-state index in [4.69, 9.17) is 11.6 Å². The first-order chi connectivity index (χ1) is 14.8. The van der Waals surface area contributed by atoms with Crippen molar-refractivity contribution in [2.45, 2.75) is 43.5 Å². The number of hydrogen-bond donors (Lipinski definition) is 4. The summed E-state index contributed by atoms with van der Waals surface area (Å²) < 4.78 is 57.2. The van der Waals surface area contributed by atoms with Crippen LogP contribution in [0.5, 0.6) is 11.5 Å². The predicted octanol–water partition coefficient (Wildman–Crippen LogP) is 6.17. The molecule has 0 spiro atoms. The summed E-state index contributed by atoms with van der Waals surface area (Å²) in [6.07, 6.45) is -5.88. The number of anilines is 1. The van der Waals surface area contributed by atoms with Crippen LogP contribution in [-0.4, -0.2) is 27.1 Å². The highest BCUT2D eigenvalue weighted by Crippen LogP contribution is 2.57. The molecule has 2 unspecified atom stereocenters. The Bertz CT molecular complexity index is 1230. The summed E-state index contributed by atoms with van der Waals surface area (Å²) in [5, 5.41) is 34.5. The summed E-state index contributed by atoms with van der Waals surface area (Å²) in [5.41, 5.74) is -4.63. The third kappa shape index (κ3) is 3.33. The van der Waals surface area contributed by atoms with E-state index in [-0.39, 0.29) is 22.6 Å². The Hall–Kier alpha value is -2.71. The van der Waals surface area contributed by atoms with Gasteiger partial charge in [0.05, 0.1) is 11.1 Å². The molecule has 4 nitrogen and oxygen atoms in total. The Labute approximate surface area is 186 Å². The van der Waals surface area contributed by atoms with Gasteiger partial charge < -0.3 is 20.6 Å². The van der Waals surface area contributed by atoms with Crippen LogP contribution < -0.4 is 5.32 Å². The molecule has 4 N–H and O–H groups in total. The van der Waals surface area contributed by atoms with E-state index in [1.807, 2.05) is 0 Å². The zero-order valence-electron chi connectivity index (χ0n) is 17.1. The molecule has 9 heteroatoms. The average molecular weight is 470 g/mol. The van der Waals surface area contributed by atoms with Gasteiger partial charge in [-0.05, 0) is 53.1 Å². The maximum absolute atomic E-state index is 14.4. The van der Waals surface area contributed by atoms with Crippen LogP contribution in [0.15, 0.2) is 42.5 Å². The molecule has 32 heavy (non-hydrogen) atoms. The van der Waals surface area contributed by atoms with E-state index in [0.29, 0.717) is 10.8 Å². The fourth-order valence-electron chi connectivity index (χ4n) is 4.71. The lowest BCUT2D eigenvalue weighted by molar-refractivity contribution is -0.276. The van der Waals surface area contributed by atoms with Crippen molar-refractivity contribution < 1.29 is 32.9 Å². The van der Waals surface area contributed by atoms with Crippen molar-refractivity contribution in [3.63, 3.8) is 0 Å². The van der Waals surface area contributed by atoms with Crippen LogP contribution in [0, 0.1) is 5.82 Å². The molecule has 3 aromatic carbocycles. The third-order valence-electron chi connectivity index (χ3n) is 6.06. The van der Waals surface area contributed by atoms with Crippen molar-refractivity contribution in [3.8, 4) is 11.5 Å². The number of benzene rings is 3. The molecule has 0 saturated carbocycles. The number of phenols is 2. The summed E-state index contributed by atoms with van der Waals surface area (Å²) in [7, 11) is 0. The molecule has 3 aromatic rings.